The molecule has 1 aromatic carbocycles. The molecule has 3 heteroatoms. The zero-order valence-electron chi connectivity index (χ0n) is 13.1. The molecule has 1 N–H and O–H groups in total. The van der Waals surface area contributed by atoms with Crippen LogP contribution in [0, 0.1) is 0 Å². The third kappa shape index (κ3) is 4.30. The van der Waals surface area contributed by atoms with Crippen molar-refractivity contribution >= 4 is 0 Å². The lowest BCUT2D eigenvalue weighted by Gasteiger charge is -2.19. The summed E-state index contributed by atoms with van der Waals surface area (Å²) in [7, 11) is 1.64. The first kappa shape index (κ1) is 15.5. The van der Waals surface area contributed by atoms with E-state index in [-0.39, 0.29) is 0 Å². The molecule has 0 aliphatic rings. The van der Waals surface area contributed by atoms with Gasteiger partial charge in [-0.25, -0.2) is 4.98 Å². The van der Waals surface area contributed by atoms with Gasteiger partial charge in [0.25, 0.3) is 0 Å². The predicted octanol–water partition coefficient (Wildman–Crippen LogP) is 3.55. The monoisotopic (exact) mass is 284 g/mol. The number of nitrogens with zero attached hydrogens (tertiary/aromatic N) is 1. The van der Waals surface area contributed by atoms with Crippen LogP contribution in [0.15, 0.2) is 42.6 Å². The van der Waals surface area contributed by atoms with Crippen LogP contribution in [0.2, 0.25) is 0 Å². The number of rotatable bonds is 7. The van der Waals surface area contributed by atoms with Crippen LogP contribution in [0.5, 0.6) is 5.88 Å². The number of methoxy groups -OCH3 is 1. The molecule has 0 bridgehead atoms. The average Bonchev–Trinajstić information content (AvgIpc) is 2.55. The number of aromatic nitrogens is 1. The SMILES string of the molecule is CCNC(Cc1ccc(OC)nc1)c1ccc(CC)cc1. The second kappa shape index (κ2) is 7.79. The van der Waals surface area contributed by atoms with Crippen molar-refractivity contribution in [1.29, 1.82) is 0 Å². The van der Waals surface area contributed by atoms with E-state index in [0.29, 0.717) is 11.9 Å². The van der Waals surface area contributed by atoms with Crippen molar-refractivity contribution in [3.8, 4) is 5.88 Å². The van der Waals surface area contributed by atoms with Crippen molar-refractivity contribution in [3.63, 3.8) is 0 Å². The number of likely N-dealkylation sites (N-methyl/N-ethyl adjacent to an activating group) is 1. The number of hydrogen-bond donors (Lipinski definition) is 1. The summed E-state index contributed by atoms with van der Waals surface area (Å²) in [5.74, 6) is 0.658. The Bertz CT molecular complexity index is 534. The third-order valence-electron chi connectivity index (χ3n) is 3.69. The summed E-state index contributed by atoms with van der Waals surface area (Å²) in [4.78, 5) is 4.28. The number of pyridine rings is 1. The third-order valence-corrected chi connectivity index (χ3v) is 3.69. The highest BCUT2D eigenvalue weighted by Gasteiger charge is 2.11. The number of hydrogen-bond acceptors (Lipinski definition) is 3. The summed E-state index contributed by atoms with van der Waals surface area (Å²) in [6.07, 6.45) is 3.90. The molecule has 1 aromatic heterocycles. The van der Waals surface area contributed by atoms with Gasteiger partial charge in [-0.15, -0.1) is 0 Å². The van der Waals surface area contributed by atoms with Gasteiger partial charge in [0, 0.05) is 18.3 Å². The van der Waals surface area contributed by atoms with Gasteiger partial charge in [-0.3, -0.25) is 0 Å². The second-order valence-electron chi connectivity index (χ2n) is 5.12. The molecule has 0 amide bonds. The summed E-state index contributed by atoms with van der Waals surface area (Å²) < 4.78 is 5.11. The van der Waals surface area contributed by atoms with Gasteiger partial charge >= 0.3 is 0 Å². The highest BCUT2D eigenvalue weighted by atomic mass is 16.5. The predicted molar refractivity (Wildman–Crippen MR) is 86.7 cm³/mol. The fourth-order valence-corrected chi connectivity index (χ4v) is 2.43. The first-order valence-electron chi connectivity index (χ1n) is 7.58. The molecule has 2 rings (SSSR count). The first-order chi connectivity index (χ1) is 10.3. The van der Waals surface area contributed by atoms with E-state index < -0.39 is 0 Å². The molecule has 1 atom stereocenters. The number of nitrogens with one attached hydrogen (secondary N) is 1. The molecule has 3 nitrogen and oxygen atoms in total. The van der Waals surface area contributed by atoms with Crippen molar-refractivity contribution in [2.45, 2.75) is 32.7 Å². The fourth-order valence-electron chi connectivity index (χ4n) is 2.43. The average molecular weight is 284 g/mol. The van der Waals surface area contributed by atoms with Gasteiger partial charge in [0.2, 0.25) is 5.88 Å². The molecule has 1 unspecified atom stereocenters. The minimum Gasteiger partial charge on any atom is -0.481 e. The topological polar surface area (TPSA) is 34.1 Å². The Morgan fingerprint density at radius 3 is 2.29 bits per heavy atom. The number of benzene rings is 1. The lowest BCUT2D eigenvalue weighted by Crippen LogP contribution is -2.23. The van der Waals surface area contributed by atoms with E-state index in [0.717, 1.165) is 19.4 Å². The van der Waals surface area contributed by atoms with E-state index in [1.807, 2.05) is 12.3 Å². The van der Waals surface area contributed by atoms with Crippen LogP contribution < -0.4 is 10.1 Å². The zero-order chi connectivity index (χ0) is 15.1. The standard InChI is InChI=1S/C18H24N2O/c1-4-14-6-9-16(10-7-14)17(19-5-2)12-15-8-11-18(21-3)20-13-15/h6-11,13,17,19H,4-5,12H2,1-3H3. The van der Waals surface area contributed by atoms with Crippen LogP contribution in [-0.4, -0.2) is 18.6 Å². The molecule has 0 fully saturated rings. The maximum atomic E-state index is 5.11. The summed E-state index contributed by atoms with van der Waals surface area (Å²) >= 11 is 0. The summed E-state index contributed by atoms with van der Waals surface area (Å²) in [5, 5.41) is 3.55. The van der Waals surface area contributed by atoms with Crippen LogP contribution in [-0.2, 0) is 12.8 Å². The summed E-state index contributed by atoms with van der Waals surface area (Å²) in [6, 6.07) is 13.2. The lowest BCUT2D eigenvalue weighted by atomic mass is 9.98. The van der Waals surface area contributed by atoms with Crippen molar-refractivity contribution < 1.29 is 4.74 Å². The van der Waals surface area contributed by atoms with Crippen LogP contribution in [0.4, 0.5) is 0 Å². The van der Waals surface area contributed by atoms with E-state index in [1.165, 1.54) is 16.7 Å². The zero-order valence-corrected chi connectivity index (χ0v) is 13.1. The molecule has 0 saturated carbocycles. The number of aryl methyl sites for hydroxylation is 1. The largest absolute Gasteiger partial charge is 0.481 e. The van der Waals surface area contributed by atoms with Gasteiger partial charge in [-0.1, -0.05) is 44.2 Å². The maximum Gasteiger partial charge on any atom is 0.212 e. The maximum absolute atomic E-state index is 5.11. The van der Waals surface area contributed by atoms with Crippen LogP contribution in [0.3, 0.4) is 0 Å². The Morgan fingerprint density at radius 1 is 1.05 bits per heavy atom. The van der Waals surface area contributed by atoms with E-state index in [4.69, 9.17) is 4.74 Å². The van der Waals surface area contributed by atoms with E-state index >= 15 is 0 Å². The minimum atomic E-state index is 0.316. The Kier molecular flexibility index (Phi) is 5.76. The molecular formula is C18H24N2O. The Labute approximate surface area is 127 Å². The van der Waals surface area contributed by atoms with Crippen LogP contribution in [0.25, 0.3) is 0 Å². The Balaban J connectivity index is 2.13. The molecule has 0 aliphatic carbocycles. The summed E-state index contributed by atoms with van der Waals surface area (Å²) in [6.45, 7) is 5.27. The Morgan fingerprint density at radius 2 is 1.76 bits per heavy atom. The highest BCUT2D eigenvalue weighted by Crippen LogP contribution is 2.20. The second-order valence-corrected chi connectivity index (χ2v) is 5.12. The van der Waals surface area contributed by atoms with Crippen molar-refractivity contribution in [1.82, 2.24) is 10.3 Å². The van der Waals surface area contributed by atoms with E-state index in [9.17, 15) is 0 Å². The first-order valence-corrected chi connectivity index (χ1v) is 7.58. The molecule has 0 aliphatic heterocycles. The summed E-state index contributed by atoms with van der Waals surface area (Å²) in [5.41, 5.74) is 3.91. The van der Waals surface area contributed by atoms with Gasteiger partial charge in [0.15, 0.2) is 0 Å². The fraction of sp³-hybridized carbons (Fsp3) is 0.389. The number of ether oxygens (including phenoxy) is 1. The van der Waals surface area contributed by atoms with Gasteiger partial charge in [0.05, 0.1) is 7.11 Å². The van der Waals surface area contributed by atoms with Crippen molar-refractivity contribution in [2.75, 3.05) is 13.7 Å². The smallest absolute Gasteiger partial charge is 0.212 e. The molecule has 0 spiro atoms. The van der Waals surface area contributed by atoms with E-state index in [2.05, 4.69) is 54.5 Å². The minimum absolute atomic E-state index is 0.316. The molecule has 0 radical (unpaired) electrons. The van der Waals surface area contributed by atoms with Crippen molar-refractivity contribution in [3.05, 3.63) is 59.3 Å². The Hall–Kier alpha value is -1.87. The lowest BCUT2D eigenvalue weighted by molar-refractivity contribution is 0.397. The van der Waals surface area contributed by atoms with Gasteiger partial charge < -0.3 is 10.1 Å². The normalized spacial score (nSPS) is 12.1. The highest BCUT2D eigenvalue weighted by molar-refractivity contribution is 5.27. The molecule has 2 aromatic rings. The molecular weight excluding hydrogens is 260 g/mol. The van der Waals surface area contributed by atoms with Crippen LogP contribution in [0.1, 0.15) is 36.6 Å². The molecule has 0 saturated heterocycles. The molecule has 1 heterocycles. The molecule has 21 heavy (non-hydrogen) atoms. The molecule has 112 valence electrons. The van der Waals surface area contributed by atoms with Gasteiger partial charge in [0.1, 0.15) is 0 Å². The van der Waals surface area contributed by atoms with Crippen molar-refractivity contribution in [2.24, 2.45) is 0 Å². The van der Waals surface area contributed by atoms with E-state index in [1.54, 1.807) is 7.11 Å². The van der Waals surface area contributed by atoms with Gasteiger partial charge in [-0.05, 0) is 36.1 Å². The quantitative estimate of drug-likeness (QED) is 0.844. The van der Waals surface area contributed by atoms with Crippen LogP contribution >= 0.6 is 0 Å². The van der Waals surface area contributed by atoms with Gasteiger partial charge in [-0.2, -0.15) is 0 Å².